The van der Waals surface area contributed by atoms with Crippen molar-refractivity contribution in [3.63, 3.8) is 0 Å². The van der Waals surface area contributed by atoms with E-state index in [1.54, 1.807) is 42.7 Å². The number of hydrogen-bond acceptors (Lipinski definition) is 9. The van der Waals surface area contributed by atoms with Crippen molar-refractivity contribution < 1.29 is 28.4 Å². The molecular weight excluding hydrogens is 1120 g/mol. The monoisotopic (exact) mass is 1170 g/mol. The molecule has 0 aromatic heterocycles. The van der Waals surface area contributed by atoms with Gasteiger partial charge in [0.15, 0.2) is 0 Å². The molecule has 0 aliphatic heterocycles. The van der Waals surface area contributed by atoms with E-state index in [2.05, 4.69) is 164 Å². The summed E-state index contributed by atoms with van der Waals surface area (Å²) in [4.78, 5) is 3.60. The van der Waals surface area contributed by atoms with E-state index in [1.807, 2.05) is 62.0 Å². The molecule has 0 heterocycles. The average Bonchev–Trinajstić information content (AvgIpc) is 3.43. The number of methoxy groups -OCH3 is 6. The molecule has 0 spiro atoms. The van der Waals surface area contributed by atoms with Gasteiger partial charge in [-0.2, -0.15) is 0 Å². The molecule has 0 amide bonds. The van der Waals surface area contributed by atoms with Crippen LogP contribution in [0.1, 0.15) is 0 Å². The van der Waals surface area contributed by atoms with Crippen LogP contribution < -0.4 is 28.4 Å². The molecule has 0 fully saturated rings. The Bertz CT molecular complexity index is 2730. The third kappa shape index (κ3) is 11.0. The van der Waals surface area contributed by atoms with Gasteiger partial charge in [0.2, 0.25) is 0 Å². The van der Waals surface area contributed by atoms with Crippen molar-refractivity contribution in [2.24, 2.45) is 0 Å². The summed E-state index contributed by atoms with van der Waals surface area (Å²) in [5.74, 6) is 4.80. The van der Waals surface area contributed by atoms with Crippen LogP contribution in [0.4, 0.5) is 0 Å². The van der Waals surface area contributed by atoms with Crippen molar-refractivity contribution in [1.82, 2.24) is 0 Å². The Morgan fingerprint density at radius 2 is 0.414 bits per heavy atom. The number of hydrogen-bond donors (Lipinski definition) is 0. The van der Waals surface area contributed by atoms with Crippen molar-refractivity contribution >= 4 is 42.9 Å². The van der Waals surface area contributed by atoms with Crippen LogP contribution in [-0.4, -0.2) is 60.0 Å². The third-order valence-corrected chi connectivity index (χ3v) is 37.5. The SMILES string of the molecule is COc1cccc(-c2cccc(-c3cccc(OC)c3)c2[S][Bi]([S]c2c(-c3cccc(OC)c3)cccc2-c2cccc(OC)c2)[S]c2c(-c3cccc(OC)c3)cccc2-c2cccc(OC)c2)c1. The second kappa shape index (κ2) is 23.1. The molecule has 0 bridgehead atoms. The molecule has 0 N–H and O–H groups in total. The van der Waals surface area contributed by atoms with Gasteiger partial charge in [-0.25, -0.2) is 0 Å². The minimum absolute atomic E-state index is 0.800. The van der Waals surface area contributed by atoms with Gasteiger partial charge in [-0.1, -0.05) is 0 Å². The Labute approximate surface area is 426 Å². The summed E-state index contributed by atoms with van der Waals surface area (Å²) in [5, 5.41) is 0. The molecule has 0 radical (unpaired) electrons. The Balaban J connectivity index is 1.33. The molecule has 0 unspecified atom stereocenters. The number of ether oxygens (including phenoxy) is 6. The average molecular weight is 1170 g/mol. The molecule has 0 aliphatic rings. The summed E-state index contributed by atoms with van der Waals surface area (Å²) in [6.07, 6.45) is 0. The Hall–Kier alpha value is -6.29. The summed E-state index contributed by atoms with van der Waals surface area (Å²) in [7, 11) is 16.5. The normalized spacial score (nSPS) is 11.0. The first-order valence-corrected chi connectivity index (χ1v) is 37.6. The molecule has 0 atom stereocenters. The van der Waals surface area contributed by atoms with Gasteiger partial charge in [0.1, 0.15) is 0 Å². The van der Waals surface area contributed by atoms with Gasteiger partial charge >= 0.3 is 430 Å². The van der Waals surface area contributed by atoms with Gasteiger partial charge in [0, 0.05) is 0 Å². The predicted octanol–water partition coefficient (Wildman–Crippen LogP) is 16.4. The summed E-state index contributed by atoms with van der Waals surface area (Å²) >= 11 is -3.38. The van der Waals surface area contributed by atoms with Gasteiger partial charge in [-0.05, 0) is 0 Å². The molecule has 350 valence electrons. The van der Waals surface area contributed by atoms with Gasteiger partial charge in [0.25, 0.3) is 0 Å². The van der Waals surface area contributed by atoms with E-state index in [0.717, 1.165) is 101 Å². The predicted molar refractivity (Wildman–Crippen MR) is 295 cm³/mol. The van der Waals surface area contributed by atoms with Gasteiger partial charge in [-0.3, -0.25) is 0 Å². The van der Waals surface area contributed by atoms with E-state index in [0.29, 0.717) is 0 Å². The van der Waals surface area contributed by atoms with E-state index < -0.39 is 17.4 Å². The van der Waals surface area contributed by atoms with Crippen LogP contribution in [0.3, 0.4) is 0 Å². The minimum atomic E-state index is -3.38. The topological polar surface area (TPSA) is 55.4 Å². The molecule has 0 aliphatic carbocycles. The van der Waals surface area contributed by atoms with Gasteiger partial charge < -0.3 is 0 Å². The maximum atomic E-state index is 5.83. The second-order valence-electron chi connectivity index (χ2n) is 15.9. The third-order valence-electron chi connectivity index (χ3n) is 11.8. The van der Waals surface area contributed by atoms with E-state index >= 15 is 0 Å². The van der Waals surface area contributed by atoms with E-state index in [-0.39, 0.29) is 0 Å². The first kappa shape index (κ1) is 48.7. The van der Waals surface area contributed by atoms with Crippen LogP contribution in [0.25, 0.3) is 66.8 Å². The van der Waals surface area contributed by atoms with E-state index in [1.165, 1.54) is 14.7 Å². The molecule has 0 saturated carbocycles. The van der Waals surface area contributed by atoms with Crippen LogP contribution in [0, 0.1) is 0 Å². The number of rotatable bonds is 18. The van der Waals surface area contributed by atoms with Gasteiger partial charge in [0.05, 0.1) is 0 Å². The molecule has 9 rings (SSSR count). The summed E-state index contributed by atoms with van der Waals surface area (Å²) in [5.41, 5.74) is 13.3. The van der Waals surface area contributed by atoms with Crippen LogP contribution in [0.2, 0.25) is 0 Å². The van der Waals surface area contributed by atoms with E-state index in [4.69, 9.17) is 28.4 Å². The molecule has 6 nitrogen and oxygen atoms in total. The van der Waals surface area contributed by atoms with Crippen LogP contribution in [0.15, 0.2) is 215 Å². The van der Waals surface area contributed by atoms with Crippen LogP contribution >= 0.6 is 25.6 Å². The fourth-order valence-corrected chi connectivity index (χ4v) is 38.7. The molecule has 10 heteroatoms. The zero-order valence-corrected chi connectivity index (χ0v) is 45.6. The molecular formula is C60H51BiO6S3. The zero-order valence-electron chi connectivity index (χ0n) is 39.7. The van der Waals surface area contributed by atoms with Crippen LogP contribution in [0.5, 0.6) is 34.5 Å². The summed E-state index contributed by atoms with van der Waals surface area (Å²) in [6, 6.07) is 70.3. The van der Waals surface area contributed by atoms with Crippen molar-refractivity contribution in [1.29, 1.82) is 0 Å². The zero-order chi connectivity index (χ0) is 48.4. The molecule has 70 heavy (non-hydrogen) atoms. The first-order chi connectivity index (χ1) is 34.4. The maximum absolute atomic E-state index is 5.83. The fraction of sp³-hybridized carbons (Fsp3) is 0.100. The Kier molecular flexibility index (Phi) is 16.1. The summed E-state index contributed by atoms with van der Waals surface area (Å²) in [6.45, 7) is 0. The molecule has 9 aromatic carbocycles. The van der Waals surface area contributed by atoms with Crippen molar-refractivity contribution in [2.75, 3.05) is 42.7 Å². The van der Waals surface area contributed by atoms with Crippen molar-refractivity contribution in [3.05, 3.63) is 200 Å². The quantitative estimate of drug-likeness (QED) is 0.0782. The second-order valence-corrected chi connectivity index (χ2v) is 41.5. The molecule has 0 saturated heterocycles. The Morgan fingerprint density at radius 3 is 0.586 bits per heavy atom. The standard InChI is InChI=1S/3C20H18O2S.Bi/c3*1-21-16-8-3-6-14(12-16)18-10-5-11-19(20(18)23)15-7-4-9-17(13-15)22-2;/h3*3-13,23H,1-2H3;/q;;;+3/p-3. The first-order valence-electron chi connectivity index (χ1n) is 22.5. The fourth-order valence-electron chi connectivity index (χ4n) is 8.29. The van der Waals surface area contributed by atoms with E-state index in [9.17, 15) is 0 Å². The van der Waals surface area contributed by atoms with Crippen LogP contribution in [-0.2, 0) is 0 Å². The Morgan fingerprint density at radius 1 is 0.243 bits per heavy atom. The molecule has 9 aromatic rings. The van der Waals surface area contributed by atoms with Gasteiger partial charge in [-0.15, -0.1) is 0 Å². The number of benzene rings is 9. The van der Waals surface area contributed by atoms with Crippen molar-refractivity contribution in [2.45, 2.75) is 14.7 Å². The van der Waals surface area contributed by atoms with Crippen molar-refractivity contribution in [3.8, 4) is 101 Å². The summed E-state index contributed by atoms with van der Waals surface area (Å²) < 4.78 is 35.0.